The van der Waals surface area contributed by atoms with Crippen LogP contribution in [0.15, 0.2) is 36.7 Å². The van der Waals surface area contributed by atoms with Crippen molar-refractivity contribution in [1.82, 2.24) is 14.9 Å². The lowest BCUT2D eigenvalue weighted by molar-refractivity contribution is -0.165. The van der Waals surface area contributed by atoms with Gasteiger partial charge in [0.05, 0.1) is 19.8 Å². The number of hydrogen-bond acceptors (Lipinski definition) is 10. The molecular weight excluding hydrogens is 462 g/mol. The minimum atomic E-state index is -2.27. The monoisotopic (exact) mass is 491 g/mol. The fourth-order valence-corrected chi connectivity index (χ4v) is 3.03. The van der Waals surface area contributed by atoms with Crippen LogP contribution >= 0.6 is 0 Å². The van der Waals surface area contributed by atoms with Crippen LogP contribution in [0, 0.1) is 0 Å². The molecule has 1 aliphatic heterocycles. The lowest BCUT2D eigenvalue weighted by atomic mass is 10.1. The third-order valence-electron chi connectivity index (χ3n) is 5.02. The Hall–Kier alpha value is -3.65. The highest BCUT2D eigenvalue weighted by Crippen LogP contribution is 2.21. The van der Waals surface area contributed by atoms with Crippen LogP contribution < -0.4 is 10.6 Å². The molecular formula is C22H29N5O8. The van der Waals surface area contributed by atoms with Gasteiger partial charge in [0.25, 0.3) is 0 Å². The predicted molar refractivity (Wildman–Crippen MR) is 123 cm³/mol. The number of likely N-dealkylation sites (N-methyl/N-ethyl adjacent to an activating group) is 1. The van der Waals surface area contributed by atoms with Crippen molar-refractivity contribution in [3.63, 3.8) is 0 Å². The summed E-state index contributed by atoms with van der Waals surface area (Å²) in [5.41, 5.74) is 8.42. The van der Waals surface area contributed by atoms with Gasteiger partial charge in [-0.1, -0.05) is 18.2 Å². The number of carboxylic acids is 2. The molecule has 0 bridgehead atoms. The van der Waals surface area contributed by atoms with E-state index in [1.54, 1.807) is 11.9 Å². The van der Waals surface area contributed by atoms with Crippen LogP contribution in [0.1, 0.15) is 5.56 Å². The molecule has 1 fully saturated rings. The molecule has 2 heterocycles. The molecule has 0 spiro atoms. The zero-order valence-corrected chi connectivity index (χ0v) is 19.1. The third-order valence-corrected chi connectivity index (χ3v) is 5.02. The quantitative estimate of drug-likeness (QED) is 0.295. The van der Waals surface area contributed by atoms with Crippen molar-refractivity contribution >= 4 is 23.8 Å². The minimum Gasteiger partial charge on any atom is -0.479 e. The average molecular weight is 492 g/mol. The van der Waals surface area contributed by atoms with Gasteiger partial charge in [-0.25, -0.2) is 19.6 Å². The number of aliphatic carboxylic acids is 2. The summed E-state index contributed by atoms with van der Waals surface area (Å²) in [7, 11) is 1.75. The minimum absolute atomic E-state index is 0.0209. The summed E-state index contributed by atoms with van der Waals surface area (Å²) in [5, 5.41) is 32.5. The van der Waals surface area contributed by atoms with E-state index >= 15 is 0 Å². The fourth-order valence-electron chi connectivity index (χ4n) is 3.03. The molecule has 0 radical (unpaired) electrons. The number of hydrogen-bond donors (Lipinski definition) is 5. The Morgan fingerprint density at radius 3 is 2.14 bits per heavy atom. The maximum atomic E-state index is 11.6. The number of morpholine rings is 1. The maximum Gasteiger partial charge on any atom is 0.335 e. The van der Waals surface area contributed by atoms with E-state index in [0.29, 0.717) is 19.8 Å². The molecule has 1 aliphatic rings. The van der Waals surface area contributed by atoms with Gasteiger partial charge in [-0.05, 0) is 17.2 Å². The van der Waals surface area contributed by atoms with Gasteiger partial charge >= 0.3 is 11.9 Å². The van der Waals surface area contributed by atoms with Crippen molar-refractivity contribution in [1.29, 1.82) is 0 Å². The smallest absolute Gasteiger partial charge is 0.335 e. The Morgan fingerprint density at radius 2 is 1.63 bits per heavy atom. The lowest BCUT2D eigenvalue weighted by Gasteiger charge is -2.26. The third kappa shape index (κ3) is 8.26. The summed E-state index contributed by atoms with van der Waals surface area (Å²) < 4.78 is 5.35. The fraction of sp³-hybridized carbons (Fsp3) is 0.409. The lowest BCUT2D eigenvalue weighted by Crippen LogP contribution is -2.39. The van der Waals surface area contributed by atoms with Crippen molar-refractivity contribution in [3.8, 4) is 11.1 Å². The van der Waals surface area contributed by atoms with E-state index in [1.807, 2.05) is 36.7 Å². The van der Waals surface area contributed by atoms with E-state index < -0.39 is 24.1 Å². The summed E-state index contributed by atoms with van der Waals surface area (Å²) in [6.45, 7) is 3.60. The van der Waals surface area contributed by atoms with Crippen LogP contribution in [0.4, 0.5) is 5.95 Å². The van der Waals surface area contributed by atoms with Crippen LogP contribution in [0.3, 0.4) is 0 Å². The Morgan fingerprint density at radius 1 is 1.06 bits per heavy atom. The second-order valence-corrected chi connectivity index (χ2v) is 7.59. The number of rotatable bonds is 8. The summed E-state index contributed by atoms with van der Waals surface area (Å²) >= 11 is 0. The number of carbonyl (C=O) groups excluding carboxylic acids is 1. The number of nitrogens with two attached hydrogens (primary N) is 1. The van der Waals surface area contributed by atoms with Gasteiger partial charge in [0.1, 0.15) is 0 Å². The number of anilines is 1. The first-order valence-electron chi connectivity index (χ1n) is 10.6. The van der Waals surface area contributed by atoms with E-state index in [-0.39, 0.29) is 12.5 Å². The Bertz CT molecular complexity index is 980. The summed E-state index contributed by atoms with van der Waals surface area (Å²) in [4.78, 5) is 43.9. The van der Waals surface area contributed by atoms with Gasteiger partial charge in [-0.2, -0.15) is 0 Å². The molecule has 1 aromatic heterocycles. The van der Waals surface area contributed by atoms with Crippen molar-refractivity contribution in [2.24, 2.45) is 5.73 Å². The average Bonchev–Trinajstić information content (AvgIpc) is 2.88. The number of amides is 1. The van der Waals surface area contributed by atoms with Crippen molar-refractivity contribution in [2.75, 3.05) is 44.8 Å². The largest absolute Gasteiger partial charge is 0.479 e. The zero-order valence-electron chi connectivity index (χ0n) is 19.1. The molecule has 3 rings (SSSR count). The van der Waals surface area contributed by atoms with E-state index in [2.05, 4.69) is 14.9 Å². The molecule has 1 saturated heterocycles. The Kier molecular flexibility index (Phi) is 10.5. The van der Waals surface area contributed by atoms with Gasteiger partial charge in [0, 0.05) is 44.6 Å². The van der Waals surface area contributed by atoms with E-state index in [0.717, 1.165) is 35.7 Å². The highest BCUT2D eigenvalue weighted by atomic mass is 16.5. The maximum absolute atomic E-state index is 11.6. The van der Waals surface area contributed by atoms with Crippen LogP contribution in [0.25, 0.3) is 11.1 Å². The molecule has 1 amide bonds. The molecule has 2 atom stereocenters. The number of carboxylic acid groups (broad SMARTS) is 2. The highest BCUT2D eigenvalue weighted by molar-refractivity contribution is 5.83. The highest BCUT2D eigenvalue weighted by Gasteiger charge is 2.29. The van der Waals surface area contributed by atoms with Crippen LogP contribution in [-0.2, 0) is 25.7 Å². The molecule has 1 aromatic carbocycles. The second-order valence-electron chi connectivity index (χ2n) is 7.59. The number of nitrogens with zero attached hydrogens (tertiary/aromatic N) is 4. The molecule has 13 nitrogen and oxygen atoms in total. The normalized spacial score (nSPS) is 14.8. The molecule has 6 N–H and O–H groups in total. The molecule has 2 aromatic rings. The Balaban J connectivity index is 0.000000367. The predicted octanol–water partition coefficient (Wildman–Crippen LogP) is -1.23. The van der Waals surface area contributed by atoms with Crippen molar-refractivity contribution < 1.29 is 39.5 Å². The second kappa shape index (κ2) is 13.3. The van der Waals surface area contributed by atoms with Gasteiger partial charge in [-0.15, -0.1) is 0 Å². The SMILES string of the molecule is CN(Cc1cccc(-c2cnc(N3CCOCC3)nc2)c1)C(=O)CN.O=C(O)C(O)C(O)C(=O)O. The molecule has 190 valence electrons. The molecule has 13 heteroatoms. The summed E-state index contributed by atoms with van der Waals surface area (Å²) in [6.07, 6.45) is -0.855. The number of carbonyl (C=O) groups is 3. The van der Waals surface area contributed by atoms with Crippen LogP contribution in [-0.4, -0.2) is 105 Å². The van der Waals surface area contributed by atoms with Gasteiger partial charge in [0.2, 0.25) is 11.9 Å². The topological polar surface area (TPSA) is 200 Å². The first-order valence-corrected chi connectivity index (χ1v) is 10.6. The van der Waals surface area contributed by atoms with E-state index in [4.69, 9.17) is 30.9 Å². The zero-order chi connectivity index (χ0) is 26.0. The van der Waals surface area contributed by atoms with Gasteiger partial charge < -0.3 is 40.7 Å². The van der Waals surface area contributed by atoms with Crippen molar-refractivity contribution in [2.45, 2.75) is 18.8 Å². The molecule has 0 aliphatic carbocycles. The van der Waals surface area contributed by atoms with Crippen LogP contribution in [0.5, 0.6) is 0 Å². The molecule has 0 saturated carbocycles. The number of aromatic nitrogens is 2. The standard InChI is InChI=1S/C18H23N5O2.C4H6O6/c1-22(17(24)10-19)13-14-3-2-4-15(9-14)16-11-20-18(21-12-16)23-5-7-25-8-6-23;5-1(3(7)8)2(6)4(9)10/h2-4,9,11-12H,5-8,10,13,19H2,1H3;1-2,5-6H,(H,7,8)(H,9,10). The molecule has 2 unspecified atom stereocenters. The van der Waals surface area contributed by atoms with E-state index in [1.165, 1.54) is 0 Å². The van der Waals surface area contributed by atoms with Gasteiger partial charge in [0.15, 0.2) is 12.2 Å². The molecule has 35 heavy (non-hydrogen) atoms. The summed E-state index contributed by atoms with van der Waals surface area (Å²) in [5.74, 6) is -2.88. The summed E-state index contributed by atoms with van der Waals surface area (Å²) in [6, 6.07) is 8.03. The first-order chi connectivity index (χ1) is 16.6. The number of aliphatic hydroxyl groups excluding tert-OH is 2. The van der Waals surface area contributed by atoms with E-state index in [9.17, 15) is 14.4 Å². The number of ether oxygens (including phenoxy) is 1. The Labute approximate surface area is 201 Å². The number of aliphatic hydroxyl groups is 2. The number of benzene rings is 1. The van der Waals surface area contributed by atoms with Crippen molar-refractivity contribution in [3.05, 3.63) is 42.2 Å². The van der Waals surface area contributed by atoms with Crippen LogP contribution in [0.2, 0.25) is 0 Å². The first kappa shape index (κ1) is 27.6. The van der Waals surface area contributed by atoms with Gasteiger partial charge in [-0.3, -0.25) is 4.79 Å².